The molecule has 0 aliphatic heterocycles. The van der Waals surface area contributed by atoms with Gasteiger partial charge in [0.05, 0.1) is 19.3 Å². The number of aromatic nitrogens is 2. The molecule has 2 rings (SSSR count). The molecule has 1 heterocycles. The van der Waals surface area contributed by atoms with Crippen LogP contribution in [-0.2, 0) is 17.7 Å². The topological polar surface area (TPSA) is 53.1 Å². The average Bonchev–Trinajstić information content (AvgIpc) is 2.86. The molecule has 4 nitrogen and oxygen atoms in total. The molecule has 0 aliphatic rings. The van der Waals surface area contributed by atoms with Crippen LogP contribution in [0.3, 0.4) is 0 Å². The lowest BCUT2D eigenvalue weighted by Crippen LogP contribution is -2.03. The minimum Gasteiger partial charge on any atom is -0.383 e. The molecular formula is C14H19N3O. The minimum absolute atomic E-state index is 0.675. The fraction of sp³-hybridized carbons (Fsp3) is 0.357. The van der Waals surface area contributed by atoms with Crippen LogP contribution in [0, 0.1) is 0 Å². The summed E-state index contributed by atoms with van der Waals surface area (Å²) in [5, 5.41) is 4.32. The van der Waals surface area contributed by atoms with Gasteiger partial charge in [-0.1, -0.05) is 24.3 Å². The maximum absolute atomic E-state index is 5.58. The van der Waals surface area contributed by atoms with Crippen molar-refractivity contribution in [2.24, 2.45) is 5.73 Å². The molecule has 0 fully saturated rings. The van der Waals surface area contributed by atoms with Gasteiger partial charge in [-0.25, -0.2) is 0 Å². The number of hydrogen-bond acceptors (Lipinski definition) is 3. The zero-order valence-electron chi connectivity index (χ0n) is 10.7. The molecule has 1 aromatic carbocycles. The van der Waals surface area contributed by atoms with Crippen LogP contribution in [0.5, 0.6) is 0 Å². The Labute approximate surface area is 107 Å². The first kappa shape index (κ1) is 12.8. The second-order valence-electron chi connectivity index (χ2n) is 4.22. The summed E-state index contributed by atoms with van der Waals surface area (Å²) in [6.07, 6.45) is 4.84. The molecule has 96 valence electrons. The maximum Gasteiger partial charge on any atom is 0.0658 e. The van der Waals surface area contributed by atoms with Gasteiger partial charge in [0, 0.05) is 18.9 Å². The van der Waals surface area contributed by atoms with Crippen molar-refractivity contribution in [1.82, 2.24) is 9.78 Å². The van der Waals surface area contributed by atoms with E-state index in [9.17, 15) is 0 Å². The highest BCUT2D eigenvalue weighted by Gasteiger charge is 2.02. The van der Waals surface area contributed by atoms with Crippen molar-refractivity contribution in [2.45, 2.75) is 13.0 Å². The first-order valence-electron chi connectivity index (χ1n) is 6.14. The quantitative estimate of drug-likeness (QED) is 0.842. The van der Waals surface area contributed by atoms with Crippen molar-refractivity contribution < 1.29 is 4.74 Å². The summed E-state index contributed by atoms with van der Waals surface area (Å²) < 4.78 is 6.93. The third kappa shape index (κ3) is 3.18. The fourth-order valence-corrected chi connectivity index (χ4v) is 1.89. The minimum atomic E-state index is 0.675. The molecule has 0 unspecified atom stereocenters. The Bertz CT molecular complexity index is 493. The van der Waals surface area contributed by atoms with Crippen molar-refractivity contribution in [3.8, 4) is 11.1 Å². The van der Waals surface area contributed by atoms with E-state index in [4.69, 9.17) is 10.5 Å². The highest BCUT2D eigenvalue weighted by Crippen LogP contribution is 2.19. The summed E-state index contributed by atoms with van der Waals surface area (Å²) in [6.45, 7) is 2.13. The van der Waals surface area contributed by atoms with Crippen LogP contribution in [0.25, 0.3) is 11.1 Å². The van der Waals surface area contributed by atoms with E-state index in [0.717, 1.165) is 18.5 Å². The zero-order valence-corrected chi connectivity index (χ0v) is 10.7. The van der Waals surface area contributed by atoms with Crippen molar-refractivity contribution in [3.05, 3.63) is 42.2 Å². The van der Waals surface area contributed by atoms with Crippen LogP contribution in [0.4, 0.5) is 0 Å². The summed E-state index contributed by atoms with van der Waals surface area (Å²) in [4.78, 5) is 0. The molecule has 18 heavy (non-hydrogen) atoms. The van der Waals surface area contributed by atoms with Gasteiger partial charge in [-0.05, 0) is 24.1 Å². The molecular weight excluding hydrogens is 226 g/mol. The summed E-state index contributed by atoms with van der Waals surface area (Å²) in [5.74, 6) is 0. The summed E-state index contributed by atoms with van der Waals surface area (Å²) >= 11 is 0. The van der Waals surface area contributed by atoms with E-state index in [1.165, 1.54) is 11.1 Å². The third-order valence-electron chi connectivity index (χ3n) is 2.85. The first-order valence-corrected chi connectivity index (χ1v) is 6.14. The standard InChI is InChI=1S/C14H19N3O/c1-18-8-7-17-11-14(10-16-17)13-4-2-3-12(9-13)5-6-15/h2-4,9-11H,5-8,15H2,1H3. The zero-order chi connectivity index (χ0) is 12.8. The van der Waals surface area contributed by atoms with E-state index in [0.29, 0.717) is 13.2 Å². The van der Waals surface area contributed by atoms with Crippen LogP contribution in [0.15, 0.2) is 36.7 Å². The molecule has 0 atom stereocenters. The molecule has 1 aromatic heterocycles. The average molecular weight is 245 g/mol. The number of nitrogens with two attached hydrogens (primary N) is 1. The molecule has 0 bridgehead atoms. The smallest absolute Gasteiger partial charge is 0.0658 e. The Hall–Kier alpha value is -1.65. The summed E-state index contributed by atoms with van der Waals surface area (Å²) in [6, 6.07) is 8.43. The summed E-state index contributed by atoms with van der Waals surface area (Å²) in [7, 11) is 1.70. The highest BCUT2D eigenvalue weighted by atomic mass is 16.5. The van der Waals surface area contributed by atoms with Crippen molar-refractivity contribution in [3.63, 3.8) is 0 Å². The second-order valence-corrected chi connectivity index (χ2v) is 4.22. The second kappa shape index (κ2) is 6.33. The van der Waals surface area contributed by atoms with Crippen LogP contribution < -0.4 is 5.73 Å². The first-order chi connectivity index (χ1) is 8.83. The van der Waals surface area contributed by atoms with E-state index in [2.05, 4.69) is 29.4 Å². The van der Waals surface area contributed by atoms with Crippen molar-refractivity contribution in [1.29, 1.82) is 0 Å². The monoisotopic (exact) mass is 245 g/mol. The maximum atomic E-state index is 5.58. The Morgan fingerprint density at radius 3 is 3.00 bits per heavy atom. The largest absolute Gasteiger partial charge is 0.383 e. The lowest BCUT2D eigenvalue weighted by Gasteiger charge is -2.02. The number of methoxy groups -OCH3 is 1. The van der Waals surface area contributed by atoms with Gasteiger partial charge in [-0.15, -0.1) is 0 Å². The van der Waals surface area contributed by atoms with Gasteiger partial charge in [0.25, 0.3) is 0 Å². The molecule has 2 N–H and O–H groups in total. The molecule has 0 amide bonds. The van der Waals surface area contributed by atoms with Gasteiger partial charge in [0.2, 0.25) is 0 Å². The van der Waals surface area contributed by atoms with Crippen LogP contribution in [0.1, 0.15) is 5.56 Å². The Balaban J connectivity index is 2.15. The van der Waals surface area contributed by atoms with Gasteiger partial charge in [-0.3, -0.25) is 4.68 Å². The van der Waals surface area contributed by atoms with E-state index in [-0.39, 0.29) is 0 Å². The normalized spacial score (nSPS) is 10.8. The van der Waals surface area contributed by atoms with Crippen molar-refractivity contribution in [2.75, 3.05) is 20.3 Å². The molecule has 0 spiro atoms. The lowest BCUT2D eigenvalue weighted by molar-refractivity contribution is 0.183. The van der Waals surface area contributed by atoms with Gasteiger partial charge < -0.3 is 10.5 Å². The molecule has 0 radical (unpaired) electrons. The van der Waals surface area contributed by atoms with E-state index >= 15 is 0 Å². The number of ether oxygens (including phenoxy) is 1. The molecule has 0 saturated heterocycles. The third-order valence-corrected chi connectivity index (χ3v) is 2.85. The fourth-order valence-electron chi connectivity index (χ4n) is 1.89. The predicted molar refractivity (Wildman–Crippen MR) is 72.3 cm³/mol. The number of rotatable bonds is 6. The predicted octanol–water partition coefficient (Wildman–Crippen LogP) is 1.70. The Kier molecular flexibility index (Phi) is 4.50. The van der Waals surface area contributed by atoms with E-state index < -0.39 is 0 Å². The van der Waals surface area contributed by atoms with Crippen LogP contribution >= 0.6 is 0 Å². The van der Waals surface area contributed by atoms with Gasteiger partial charge in [0.15, 0.2) is 0 Å². The van der Waals surface area contributed by atoms with Gasteiger partial charge in [-0.2, -0.15) is 5.10 Å². The number of hydrogen-bond donors (Lipinski definition) is 1. The van der Waals surface area contributed by atoms with Crippen LogP contribution in [0.2, 0.25) is 0 Å². The van der Waals surface area contributed by atoms with Gasteiger partial charge in [0.1, 0.15) is 0 Å². The van der Waals surface area contributed by atoms with Gasteiger partial charge >= 0.3 is 0 Å². The van der Waals surface area contributed by atoms with E-state index in [1.807, 2.05) is 17.1 Å². The number of benzene rings is 1. The van der Waals surface area contributed by atoms with Crippen molar-refractivity contribution >= 4 is 0 Å². The number of nitrogens with zero attached hydrogens (tertiary/aromatic N) is 2. The molecule has 0 saturated carbocycles. The summed E-state index contributed by atoms with van der Waals surface area (Å²) in [5.41, 5.74) is 9.16. The SMILES string of the molecule is COCCn1cc(-c2cccc(CCN)c2)cn1. The van der Waals surface area contributed by atoms with Crippen LogP contribution in [-0.4, -0.2) is 30.0 Å². The Morgan fingerprint density at radius 1 is 1.33 bits per heavy atom. The molecule has 2 aromatic rings. The molecule has 0 aliphatic carbocycles. The van der Waals surface area contributed by atoms with E-state index in [1.54, 1.807) is 7.11 Å². The molecule has 4 heteroatoms. The Morgan fingerprint density at radius 2 is 2.22 bits per heavy atom. The highest BCUT2D eigenvalue weighted by molar-refractivity contribution is 5.62. The lowest BCUT2D eigenvalue weighted by atomic mass is 10.0.